The SMILES string of the molecule is CC(C)(C)[S+]([O-])N[C@H]1CCN(c2cnc(-c3cccc(Cl)c3Cl)c(OC(N)=O)n2)Cc2ccccc21. The minimum absolute atomic E-state index is 0.0646. The second kappa shape index (κ2) is 10.8. The third-order valence-corrected chi connectivity index (χ3v) is 8.17. The van der Waals surface area contributed by atoms with Crippen molar-refractivity contribution in [1.82, 2.24) is 14.7 Å². The number of carbonyl (C=O) groups excluding carboxylic acids is 1. The highest BCUT2D eigenvalue weighted by molar-refractivity contribution is 7.90. The van der Waals surface area contributed by atoms with Gasteiger partial charge in [-0.1, -0.05) is 59.6 Å². The number of fused-ring (bicyclic) bond motifs is 1. The lowest BCUT2D eigenvalue weighted by atomic mass is 10.0. The number of hydrogen-bond donors (Lipinski definition) is 2. The Morgan fingerprint density at radius 2 is 1.97 bits per heavy atom. The molecule has 0 fully saturated rings. The molecule has 4 rings (SSSR count). The van der Waals surface area contributed by atoms with Gasteiger partial charge in [0, 0.05) is 30.0 Å². The van der Waals surface area contributed by atoms with E-state index >= 15 is 0 Å². The van der Waals surface area contributed by atoms with Crippen LogP contribution in [0.2, 0.25) is 10.0 Å². The first kappa shape index (κ1) is 26.5. The summed E-state index contributed by atoms with van der Waals surface area (Å²) >= 11 is 11.3. The van der Waals surface area contributed by atoms with E-state index in [0.29, 0.717) is 35.9 Å². The van der Waals surface area contributed by atoms with Crippen molar-refractivity contribution in [2.24, 2.45) is 5.73 Å². The van der Waals surface area contributed by atoms with Gasteiger partial charge in [-0.2, -0.15) is 4.98 Å². The first-order chi connectivity index (χ1) is 17.0. The molecule has 1 aromatic heterocycles. The zero-order chi connectivity index (χ0) is 26.0. The highest BCUT2D eigenvalue weighted by Crippen LogP contribution is 2.38. The van der Waals surface area contributed by atoms with E-state index in [0.717, 1.165) is 11.1 Å². The number of nitrogens with one attached hydrogen (secondary N) is 1. The molecule has 0 bridgehead atoms. The number of rotatable bonds is 5. The van der Waals surface area contributed by atoms with Gasteiger partial charge in [0.2, 0.25) is 0 Å². The molecule has 2 heterocycles. The Hall–Kier alpha value is -2.56. The van der Waals surface area contributed by atoms with Crippen LogP contribution in [-0.4, -0.2) is 31.9 Å². The van der Waals surface area contributed by atoms with Crippen molar-refractivity contribution in [1.29, 1.82) is 0 Å². The zero-order valence-corrected chi connectivity index (χ0v) is 22.5. The smallest absolute Gasteiger partial charge is 0.411 e. The van der Waals surface area contributed by atoms with Gasteiger partial charge in [-0.25, -0.2) is 9.78 Å². The van der Waals surface area contributed by atoms with Crippen molar-refractivity contribution < 1.29 is 14.1 Å². The van der Waals surface area contributed by atoms with Gasteiger partial charge in [0.15, 0.2) is 5.82 Å². The van der Waals surface area contributed by atoms with Gasteiger partial charge in [0.05, 0.1) is 22.3 Å². The monoisotopic (exact) mass is 547 g/mol. The average molecular weight is 548 g/mol. The van der Waals surface area contributed by atoms with Crippen LogP contribution in [0.4, 0.5) is 10.6 Å². The number of halogens is 2. The van der Waals surface area contributed by atoms with Gasteiger partial charge < -0.3 is 19.9 Å². The number of hydrogen-bond acceptors (Lipinski definition) is 7. The van der Waals surface area contributed by atoms with Crippen LogP contribution in [0, 0.1) is 0 Å². The van der Waals surface area contributed by atoms with Crippen molar-refractivity contribution in [3.8, 4) is 17.1 Å². The third-order valence-electron chi connectivity index (χ3n) is 5.74. The lowest BCUT2D eigenvalue weighted by molar-refractivity contribution is 0.209. The van der Waals surface area contributed by atoms with Crippen LogP contribution in [0.5, 0.6) is 5.88 Å². The van der Waals surface area contributed by atoms with E-state index in [2.05, 4.69) is 14.7 Å². The number of ether oxygens (including phenoxy) is 1. The van der Waals surface area contributed by atoms with Crippen LogP contribution in [0.25, 0.3) is 11.3 Å². The molecule has 0 radical (unpaired) electrons. The van der Waals surface area contributed by atoms with Gasteiger partial charge in [-0.3, -0.25) is 0 Å². The topological polar surface area (TPSA) is 116 Å². The Morgan fingerprint density at radius 3 is 2.69 bits per heavy atom. The molecule has 2 aromatic carbocycles. The Labute approximate surface area is 223 Å². The first-order valence-corrected chi connectivity index (χ1v) is 13.2. The van der Waals surface area contributed by atoms with Crippen molar-refractivity contribution in [3.63, 3.8) is 0 Å². The summed E-state index contributed by atoms with van der Waals surface area (Å²) in [6.45, 7) is 6.95. The second-order valence-electron chi connectivity index (χ2n) is 9.37. The molecule has 190 valence electrons. The van der Waals surface area contributed by atoms with Crippen LogP contribution in [0.3, 0.4) is 0 Å². The molecular weight excluding hydrogens is 521 g/mol. The largest absolute Gasteiger partial charge is 0.598 e. The van der Waals surface area contributed by atoms with Gasteiger partial charge in [0.25, 0.3) is 5.88 Å². The second-order valence-corrected chi connectivity index (χ2v) is 12.1. The van der Waals surface area contributed by atoms with E-state index in [1.807, 2.05) is 49.9 Å². The maximum absolute atomic E-state index is 12.9. The predicted octanol–water partition coefficient (Wildman–Crippen LogP) is 5.41. The summed E-state index contributed by atoms with van der Waals surface area (Å²) in [5, 5.41) is 0.598. The number of benzene rings is 2. The lowest BCUT2D eigenvalue weighted by Gasteiger charge is -2.28. The Bertz CT molecular complexity index is 1270. The Morgan fingerprint density at radius 1 is 1.22 bits per heavy atom. The van der Waals surface area contributed by atoms with Crippen LogP contribution < -0.4 is 20.1 Å². The predicted molar refractivity (Wildman–Crippen MR) is 144 cm³/mol. The van der Waals surface area contributed by atoms with Crippen LogP contribution >= 0.6 is 23.2 Å². The molecule has 1 aliphatic rings. The number of nitrogens with two attached hydrogens (primary N) is 1. The molecule has 0 saturated carbocycles. The fraction of sp³-hybridized carbons (Fsp3) is 0.320. The highest BCUT2D eigenvalue weighted by Gasteiger charge is 2.32. The van der Waals surface area contributed by atoms with E-state index < -0.39 is 22.2 Å². The number of aromatic nitrogens is 2. The van der Waals surface area contributed by atoms with E-state index in [1.165, 1.54) is 0 Å². The van der Waals surface area contributed by atoms with E-state index in [4.69, 9.17) is 33.7 Å². The summed E-state index contributed by atoms with van der Waals surface area (Å²) in [4.78, 5) is 22.8. The zero-order valence-electron chi connectivity index (χ0n) is 20.1. The molecule has 1 unspecified atom stereocenters. The molecule has 3 aromatic rings. The van der Waals surface area contributed by atoms with Crippen molar-refractivity contribution in [3.05, 3.63) is 69.8 Å². The molecule has 36 heavy (non-hydrogen) atoms. The molecule has 2 atom stereocenters. The minimum atomic E-state index is -1.24. The Kier molecular flexibility index (Phi) is 7.96. The number of anilines is 1. The van der Waals surface area contributed by atoms with E-state index in [1.54, 1.807) is 24.4 Å². The fourth-order valence-corrected chi connectivity index (χ4v) is 5.17. The average Bonchev–Trinajstić information content (AvgIpc) is 3.00. The maximum atomic E-state index is 12.9. The molecule has 0 spiro atoms. The number of nitrogens with zero attached hydrogens (tertiary/aromatic N) is 3. The number of amides is 1. The summed E-state index contributed by atoms with van der Waals surface area (Å²) in [5.41, 5.74) is 8.19. The normalized spacial score (nSPS) is 16.7. The van der Waals surface area contributed by atoms with Gasteiger partial charge in [-0.15, -0.1) is 4.72 Å². The van der Waals surface area contributed by atoms with Crippen LogP contribution in [-0.2, 0) is 17.9 Å². The standard InChI is InChI=1S/C25H27Cl2N5O3S/c1-25(2,3)36(34)31-19-11-12-32(14-15-7-4-5-8-16(15)19)20-13-29-22(23(30-20)35-24(28)33)17-9-6-10-18(26)21(17)27/h4-10,13,19,31H,11-12,14H2,1-3H3,(H2,28,33)/t19-,36?/m0/s1. The van der Waals surface area contributed by atoms with Crippen molar-refractivity contribution >= 4 is 46.5 Å². The van der Waals surface area contributed by atoms with E-state index in [9.17, 15) is 9.35 Å². The van der Waals surface area contributed by atoms with Crippen molar-refractivity contribution in [2.75, 3.05) is 11.4 Å². The summed E-state index contributed by atoms with van der Waals surface area (Å²) in [6.07, 6.45) is 1.26. The number of primary amides is 1. The number of carbonyl (C=O) groups is 1. The molecule has 3 N–H and O–H groups in total. The molecule has 0 aliphatic carbocycles. The van der Waals surface area contributed by atoms with Gasteiger partial charge >= 0.3 is 6.09 Å². The fourth-order valence-electron chi connectivity index (χ4n) is 3.92. The van der Waals surface area contributed by atoms with Gasteiger partial charge in [-0.05, 0) is 44.4 Å². The summed E-state index contributed by atoms with van der Waals surface area (Å²) in [5.74, 6) is 0.436. The molecule has 1 aliphatic heterocycles. The van der Waals surface area contributed by atoms with Gasteiger partial charge in [0.1, 0.15) is 10.4 Å². The van der Waals surface area contributed by atoms with E-state index in [-0.39, 0.29) is 22.6 Å². The lowest BCUT2D eigenvalue weighted by Crippen LogP contribution is -2.41. The van der Waals surface area contributed by atoms with Crippen LogP contribution in [0.15, 0.2) is 48.7 Å². The molecule has 1 amide bonds. The maximum Gasteiger partial charge on any atom is 0.411 e. The quantitative estimate of drug-likeness (QED) is 0.410. The summed E-state index contributed by atoms with van der Waals surface area (Å²) in [7, 11) is 0. The summed E-state index contributed by atoms with van der Waals surface area (Å²) < 4.78 is 21.0. The molecule has 0 saturated heterocycles. The van der Waals surface area contributed by atoms with Crippen LogP contribution in [0.1, 0.15) is 44.4 Å². The Balaban J connectivity index is 1.69. The highest BCUT2D eigenvalue weighted by atomic mass is 35.5. The third kappa shape index (κ3) is 5.87. The summed E-state index contributed by atoms with van der Waals surface area (Å²) in [6, 6.07) is 13.0. The van der Waals surface area contributed by atoms with Crippen molar-refractivity contribution in [2.45, 2.75) is 44.5 Å². The molecular formula is C25H27Cl2N5O3S. The minimum Gasteiger partial charge on any atom is -0.598 e. The first-order valence-electron chi connectivity index (χ1n) is 11.3. The molecule has 8 nitrogen and oxygen atoms in total. The molecule has 11 heteroatoms.